The van der Waals surface area contributed by atoms with Crippen LogP contribution in [0, 0.1) is 36.0 Å². The van der Waals surface area contributed by atoms with Crippen molar-refractivity contribution in [3.8, 4) is 0 Å². The van der Waals surface area contributed by atoms with E-state index in [9.17, 15) is 0 Å². The average molecular weight is 449 g/mol. The molecule has 4 N–H and O–H groups in total. The second kappa shape index (κ2) is 7.28. The van der Waals surface area contributed by atoms with Gasteiger partial charge in [0.15, 0.2) is 0 Å². The molecule has 0 radical (unpaired) electrons. The van der Waals surface area contributed by atoms with E-state index in [1.165, 1.54) is 46.0 Å². The molecule has 0 aromatic carbocycles. The normalized spacial score (nSPS) is 38.4. The SMILES string of the molecule is Cc1c2[nH]c(c1C)CC1NC(/C=C3\NC(/C=C4\N/C(=C\2)C(C)C4(C)C)CC3(C)C)CC1(C)C. The van der Waals surface area contributed by atoms with Crippen molar-refractivity contribution in [1.82, 2.24) is 20.9 Å². The highest BCUT2D eigenvalue weighted by Crippen LogP contribution is 2.46. The average Bonchev–Trinajstić information content (AvgIpc) is 3.31. The van der Waals surface area contributed by atoms with Crippen molar-refractivity contribution in [1.29, 1.82) is 0 Å². The van der Waals surface area contributed by atoms with Crippen LogP contribution in [0.1, 0.15) is 83.8 Å². The fourth-order valence-electron chi connectivity index (χ4n) is 6.53. The number of H-pyrrole nitrogens is 1. The van der Waals surface area contributed by atoms with Gasteiger partial charge in [-0.15, -0.1) is 0 Å². The first-order valence-corrected chi connectivity index (χ1v) is 12.9. The number of aromatic amines is 1. The van der Waals surface area contributed by atoms with Crippen LogP contribution in [0.15, 0.2) is 29.2 Å². The minimum atomic E-state index is 0.0844. The van der Waals surface area contributed by atoms with E-state index >= 15 is 0 Å². The third-order valence-electron chi connectivity index (χ3n) is 9.58. The molecule has 1 aromatic rings. The molecule has 4 heteroatoms. The van der Waals surface area contributed by atoms with Crippen LogP contribution in [-0.2, 0) is 6.42 Å². The summed E-state index contributed by atoms with van der Waals surface area (Å²) < 4.78 is 0. The van der Waals surface area contributed by atoms with E-state index in [2.05, 4.69) is 101 Å². The van der Waals surface area contributed by atoms with Gasteiger partial charge in [-0.05, 0) is 61.5 Å². The molecule has 0 spiro atoms. The van der Waals surface area contributed by atoms with Gasteiger partial charge in [-0.3, -0.25) is 0 Å². The standard InChI is InChI=1S/C29H44N4/c1-16-17(2)22-13-25-28(6,7)14-19(31-25)10-24-27(4,5)15-20(30-24)11-26-29(8,9)18(3)23(33-26)12-21(16)32-22/h10-12,18-20,25,30-33H,13-15H2,1-9H3/b23-12-,24-10-,26-11-. The van der Waals surface area contributed by atoms with Crippen molar-refractivity contribution in [2.45, 2.75) is 99.7 Å². The van der Waals surface area contributed by atoms with E-state index in [1.807, 2.05) is 0 Å². The minimum absolute atomic E-state index is 0.0844. The Morgan fingerprint density at radius 1 is 0.879 bits per heavy atom. The number of hydrogen-bond donors (Lipinski definition) is 4. The van der Waals surface area contributed by atoms with E-state index in [0.717, 1.165) is 12.8 Å². The summed E-state index contributed by atoms with van der Waals surface area (Å²) in [6, 6.07) is 1.23. The summed E-state index contributed by atoms with van der Waals surface area (Å²) in [5.41, 5.74) is 10.0. The van der Waals surface area contributed by atoms with Gasteiger partial charge < -0.3 is 20.9 Å². The fourth-order valence-corrected chi connectivity index (χ4v) is 6.53. The molecular formula is C29H44N4. The first-order chi connectivity index (χ1) is 15.3. The maximum atomic E-state index is 4.00. The van der Waals surface area contributed by atoms with Crippen LogP contribution < -0.4 is 16.0 Å². The summed E-state index contributed by atoms with van der Waals surface area (Å²) in [7, 11) is 0. The molecule has 4 nitrogen and oxygen atoms in total. The molecule has 4 aliphatic heterocycles. The summed E-state index contributed by atoms with van der Waals surface area (Å²) in [5, 5.41) is 11.7. The molecule has 4 unspecified atom stereocenters. The van der Waals surface area contributed by atoms with Crippen molar-refractivity contribution in [2.24, 2.45) is 22.2 Å². The Kier molecular flexibility index (Phi) is 5.04. The van der Waals surface area contributed by atoms with Gasteiger partial charge in [0.05, 0.1) is 0 Å². The molecule has 5 heterocycles. The molecule has 8 bridgehead atoms. The first-order valence-electron chi connectivity index (χ1n) is 12.9. The summed E-state index contributed by atoms with van der Waals surface area (Å²) in [6.45, 7) is 21.3. The van der Waals surface area contributed by atoms with Crippen LogP contribution in [0.25, 0.3) is 6.08 Å². The first kappa shape index (κ1) is 22.8. The Morgan fingerprint density at radius 2 is 1.58 bits per heavy atom. The van der Waals surface area contributed by atoms with Crippen LogP contribution >= 0.6 is 0 Å². The Morgan fingerprint density at radius 3 is 2.30 bits per heavy atom. The molecule has 5 rings (SSSR count). The predicted octanol–water partition coefficient (Wildman–Crippen LogP) is 5.71. The number of allylic oxidation sites excluding steroid dienone is 3. The Labute approximate surface area is 200 Å². The maximum absolute atomic E-state index is 4.00. The van der Waals surface area contributed by atoms with Gasteiger partial charge >= 0.3 is 0 Å². The van der Waals surface area contributed by atoms with Crippen molar-refractivity contribution < 1.29 is 0 Å². The third kappa shape index (κ3) is 3.69. The molecular weight excluding hydrogens is 404 g/mol. The largest absolute Gasteiger partial charge is 0.382 e. The van der Waals surface area contributed by atoms with Crippen LogP contribution in [0.2, 0.25) is 0 Å². The smallest absolute Gasteiger partial charge is 0.0470 e. The molecule has 0 saturated carbocycles. The van der Waals surface area contributed by atoms with Crippen LogP contribution in [0.3, 0.4) is 0 Å². The molecule has 33 heavy (non-hydrogen) atoms. The zero-order valence-corrected chi connectivity index (χ0v) is 22.2. The summed E-state index contributed by atoms with van der Waals surface area (Å²) >= 11 is 0. The van der Waals surface area contributed by atoms with Crippen molar-refractivity contribution in [2.75, 3.05) is 0 Å². The fraction of sp³-hybridized carbons (Fsp3) is 0.655. The van der Waals surface area contributed by atoms with E-state index in [4.69, 9.17) is 0 Å². The number of aromatic nitrogens is 1. The molecule has 180 valence electrons. The molecule has 4 atom stereocenters. The lowest BCUT2D eigenvalue weighted by Crippen LogP contribution is -2.37. The molecule has 0 aliphatic carbocycles. The molecule has 3 saturated heterocycles. The van der Waals surface area contributed by atoms with Crippen LogP contribution in [0.4, 0.5) is 0 Å². The second-order valence-corrected chi connectivity index (χ2v) is 13.2. The Bertz CT molecular complexity index is 1060. The van der Waals surface area contributed by atoms with Crippen molar-refractivity contribution in [3.63, 3.8) is 0 Å². The van der Waals surface area contributed by atoms with E-state index < -0.39 is 0 Å². The van der Waals surface area contributed by atoms with Crippen molar-refractivity contribution >= 4 is 6.08 Å². The Balaban J connectivity index is 1.64. The number of hydrogen-bond acceptors (Lipinski definition) is 3. The number of fused-ring (bicyclic) bond motifs is 8. The van der Waals surface area contributed by atoms with E-state index in [-0.39, 0.29) is 16.2 Å². The Hall–Kier alpha value is -1.94. The highest BCUT2D eigenvalue weighted by Gasteiger charge is 2.44. The van der Waals surface area contributed by atoms with Gasteiger partial charge in [-0.2, -0.15) is 0 Å². The monoisotopic (exact) mass is 448 g/mol. The lowest BCUT2D eigenvalue weighted by atomic mass is 9.78. The van der Waals surface area contributed by atoms with Gasteiger partial charge in [-0.1, -0.05) is 48.5 Å². The van der Waals surface area contributed by atoms with Gasteiger partial charge in [0, 0.05) is 69.8 Å². The van der Waals surface area contributed by atoms with E-state index in [1.54, 1.807) is 0 Å². The predicted molar refractivity (Wildman–Crippen MR) is 139 cm³/mol. The summed E-state index contributed by atoms with van der Waals surface area (Å²) in [4.78, 5) is 3.82. The van der Waals surface area contributed by atoms with Crippen LogP contribution in [0.5, 0.6) is 0 Å². The molecule has 1 aromatic heterocycles. The number of rotatable bonds is 0. The van der Waals surface area contributed by atoms with Gasteiger partial charge in [0.25, 0.3) is 0 Å². The minimum Gasteiger partial charge on any atom is -0.382 e. The maximum Gasteiger partial charge on any atom is 0.0470 e. The zero-order chi connectivity index (χ0) is 23.9. The zero-order valence-electron chi connectivity index (χ0n) is 22.2. The van der Waals surface area contributed by atoms with E-state index in [0.29, 0.717) is 24.0 Å². The van der Waals surface area contributed by atoms with Crippen LogP contribution in [-0.4, -0.2) is 23.1 Å². The molecule has 3 fully saturated rings. The molecule has 0 amide bonds. The lowest BCUT2D eigenvalue weighted by molar-refractivity contribution is 0.310. The highest BCUT2D eigenvalue weighted by atomic mass is 15.0. The number of nitrogens with one attached hydrogen (secondary N) is 4. The highest BCUT2D eigenvalue weighted by molar-refractivity contribution is 5.59. The third-order valence-corrected chi connectivity index (χ3v) is 9.58. The van der Waals surface area contributed by atoms with Crippen molar-refractivity contribution in [3.05, 3.63) is 51.8 Å². The molecule has 4 aliphatic rings. The van der Waals surface area contributed by atoms with Gasteiger partial charge in [0.2, 0.25) is 0 Å². The topological polar surface area (TPSA) is 51.9 Å². The second-order valence-electron chi connectivity index (χ2n) is 13.2. The summed E-state index contributed by atoms with van der Waals surface area (Å²) in [6.07, 6.45) is 10.7. The quantitative estimate of drug-likeness (QED) is 0.411. The summed E-state index contributed by atoms with van der Waals surface area (Å²) in [5.74, 6) is 0.437. The van der Waals surface area contributed by atoms with Gasteiger partial charge in [-0.25, -0.2) is 0 Å². The lowest BCUT2D eigenvalue weighted by Gasteiger charge is -2.26. The van der Waals surface area contributed by atoms with Gasteiger partial charge in [0.1, 0.15) is 0 Å².